The largest absolute Gasteiger partial charge is 0.495 e. The standard InChI is InChI=1S/C17H25N3O6S/c1-4-26-17(22)20-10-8-19(9-11-20)15(21)12-18-13-6-5-7-14(25-2)16(13)27(3,23)24/h5-7,18H,4,8-12H2,1-3H3. The third-order valence-corrected chi connectivity index (χ3v) is 5.32. The maximum absolute atomic E-state index is 12.4. The van der Waals surface area contributed by atoms with Gasteiger partial charge in [-0.15, -0.1) is 0 Å². The van der Waals surface area contributed by atoms with Crippen LogP contribution in [0.3, 0.4) is 0 Å². The molecule has 9 nitrogen and oxygen atoms in total. The molecule has 2 rings (SSSR count). The number of methoxy groups -OCH3 is 1. The molecule has 0 aromatic heterocycles. The second kappa shape index (κ2) is 8.94. The lowest BCUT2D eigenvalue weighted by atomic mass is 10.3. The zero-order chi connectivity index (χ0) is 20.0. The second-order valence-electron chi connectivity index (χ2n) is 6.03. The first-order valence-corrected chi connectivity index (χ1v) is 10.5. The Morgan fingerprint density at radius 1 is 1.15 bits per heavy atom. The number of sulfone groups is 1. The van der Waals surface area contributed by atoms with Crippen molar-refractivity contribution >= 4 is 27.5 Å². The van der Waals surface area contributed by atoms with Gasteiger partial charge in [0.2, 0.25) is 5.91 Å². The van der Waals surface area contributed by atoms with Crippen LogP contribution in [0.5, 0.6) is 5.75 Å². The van der Waals surface area contributed by atoms with Crippen molar-refractivity contribution in [3.63, 3.8) is 0 Å². The van der Waals surface area contributed by atoms with Gasteiger partial charge in [0.05, 0.1) is 25.9 Å². The van der Waals surface area contributed by atoms with Crippen LogP contribution in [0.15, 0.2) is 23.1 Å². The van der Waals surface area contributed by atoms with E-state index in [-0.39, 0.29) is 29.2 Å². The van der Waals surface area contributed by atoms with Gasteiger partial charge in [-0.3, -0.25) is 4.79 Å². The maximum Gasteiger partial charge on any atom is 0.409 e. The molecule has 1 aromatic carbocycles. The van der Waals surface area contributed by atoms with Crippen molar-refractivity contribution in [3.8, 4) is 5.75 Å². The fourth-order valence-corrected chi connectivity index (χ4v) is 3.89. The van der Waals surface area contributed by atoms with E-state index in [0.717, 1.165) is 6.26 Å². The first-order valence-electron chi connectivity index (χ1n) is 8.58. The van der Waals surface area contributed by atoms with Gasteiger partial charge in [-0.2, -0.15) is 0 Å². The molecular formula is C17H25N3O6S. The number of carbonyl (C=O) groups is 2. The van der Waals surface area contributed by atoms with Crippen molar-refractivity contribution in [2.45, 2.75) is 11.8 Å². The van der Waals surface area contributed by atoms with Crippen LogP contribution in [0.1, 0.15) is 6.92 Å². The lowest BCUT2D eigenvalue weighted by Gasteiger charge is -2.34. The van der Waals surface area contributed by atoms with E-state index in [2.05, 4.69) is 5.32 Å². The Labute approximate surface area is 159 Å². The molecule has 1 aliphatic heterocycles. The number of ether oxygens (including phenoxy) is 2. The monoisotopic (exact) mass is 399 g/mol. The van der Waals surface area contributed by atoms with Gasteiger partial charge in [0.15, 0.2) is 9.84 Å². The maximum atomic E-state index is 12.4. The molecule has 150 valence electrons. The highest BCUT2D eigenvalue weighted by Gasteiger charge is 2.25. The lowest BCUT2D eigenvalue weighted by molar-refractivity contribution is -0.130. The highest BCUT2D eigenvalue weighted by Crippen LogP contribution is 2.31. The van der Waals surface area contributed by atoms with Gasteiger partial charge < -0.3 is 24.6 Å². The minimum absolute atomic E-state index is 0.0208. The fraction of sp³-hybridized carbons (Fsp3) is 0.529. The summed E-state index contributed by atoms with van der Waals surface area (Å²) in [5.74, 6) is 0.0405. The summed E-state index contributed by atoms with van der Waals surface area (Å²) in [6.45, 7) is 3.59. The molecule has 0 unspecified atom stereocenters. The van der Waals surface area contributed by atoms with E-state index in [0.29, 0.717) is 38.5 Å². The van der Waals surface area contributed by atoms with Crippen molar-refractivity contribution in [3.05, 3.63) is 18.2 Å². The zero-order valence-corrected chi connectivity index (χ0v) is 16.5. The Morgan fingerprint density at radius 2 is 1.78 bits per heavy atom. The van der Waals surface area contributed by atoms with Gasteiger partial charge in [0, 0.05) is 32.4 Å². The van der Waals surface area contributed by atoms with Crippen LogP contribution in [0.2, 0.25) is 0 Å². The quantitative estimate of drug-likeness (QED) is 0.755. The molecule has 27 heavy (non-hydrogen) atoms. The van der Waals surface area contributed by atoms with Crippen LogP contribution in [0.25, 0.3) is 0 Å². The predicted octanol–water partition coefficient (Wildman–Crippen LogP) is 0.811. The van der Waals surface area contributed by atoms with E-state index < -0.39 is 9.84 Å². The summed E-state index contributed by atoms with van der Waals surface area (Å²) in [6.07, 6.45) is 0.712. The molecule has 0 bridgehead atoms. The number of nitrogens with one attached hydrogen (secondary N) is 1. The molecule has 0 atom stereocenters. The van der Waals surface area contributed by atoms with Crippen LogP contribution in [-0.2, 0) is 19.4 Å². The molecule has 0 aliphatic carbocycles. The number of nitrogens with zero attached hydrogens (tertiary/aromatic N) is 2. The molecule has 1 fully saturated rings. The molecule has 1 aliphatic rings. The van der Waals surface area contributed by atoms with Crippen molar-refractivity contribution in [1.82, 2.24) is 9.80 Å². The first kappa shape index (κ1) is 20.8. The van der Waals surface area contributed by atoms with Crippen LogP contribution < -0.4 is 10.1 Å². The molecule has 1 saturated heterocycles. The van der Waals surface area contributed by atoms with Crippen LogP contribution >= 0.6 is 0 Å². The topological polar surface area (TPSA) is 105 Å². The highest BCUT2D eigenvalue weighted by molar-refractivity contribution is 7.91. The molecule has 1 N–H and O–H groups in total. The Bertz CT molecular complexity index is 788. The number of carbonyl (C=O) groups excluding carboxylic acids is 2. The smallest absolute Gasteiger partial charge is 0.409 e. The average molecular weight is 399 g/mol. The Hall–Kier alpha value is -2.49. The number of benzene rings is 1. The number of hydrogen-bond donors (Lipinski definition) is 1. The van der Waals surface area contributed by atoms with Gasteiger partial charge in [-0.05, 0) is 19.1 Å². The van der Waals surface area contributed by atoms with Gasteiger partial charge in [-0.1, -0.05) is 6.07 Å². The van der Waals surface area contributed by atoms with E-state index >= 15 is 0 Å². The van der Waals surface area contributed by atoms with E-state index in [4.69, 9.17) is 9.47 Å². The summed E-state index contributed by atoms with van der Waals surface area (Å²) in [5, 5.41) is 2.89. The van der Waals surface area contributed by atoms with E-state index in [1.165, 1.54) is 7.11 Å². The second-order valence-corrected chi connectivity index (χ2v) is 7.98. The minimum atomic E-state index is -3.54. The number of piperazine rings is 1. The fourth-order valence-electron chi connectivity index (χ4n) is 2.83. The Kier molecular flexibility index (Phi) is 6.89. The summed E-state index contributed by atoms with van der Waals surface area (Å²) in [6, 6.07) is 4.79. The first-order chi connectivity index (χ1) is 12.8. The highest BCUT2D eigenvalue weighted by atomic mass is 32.2. The number of rotatable bonds is 6. The molecule has 1 heterocycles. The van der Waals surface area contributed by atoms with Crippen LogP contribution in [-0.4, -0.2) is 82.9 Å². The number of anilines is 1. The van der Waals surface area contributed by atoms with Crippen LogP contribution in [0.4, 0.5) is 10.5 Å². The van der Waals surface area contributed by atoms with Gasteiger partial charge in [0.25, 0.3) is 0 Å². The van der Waals surface area contributed by atoms with Gasteiger partial charge in [-0.25, -0.2) is 13.2 Å². The van der Waals surface area contributed by atoms with E-state index in [9.17, 15) is 18.0 Å². The molecule has 0 saturated carbocycles. The summed E-state index contributed by atoms with van der Waals surface area (Å²) >= 11 is 0. The van der Waals surface area contributed by atoms with E-state index in [1.807, 2.05) is 0 Å². The molecular weight excluding hydrogens is 374 g/mol. The number of amides is 2. The van der Waals surface area contributed by atoms with Crippen LogP contribution in [0, 0.1) is 0 Å². The summed E-state index contributed by atoms with van der Waals surface area (Å²) in [5.41, 5.74) is 0.315. The number of hydrogen-bond acceptors (Lipinski definition) is 7. The van der Waals surface area contributed by atoms with E-state index in [1.54, 1.807) is 34.9 Å². The van der Waals surface area contributed by atoms with Gasteiger partial charge in [0.1, 0.15) is 10.6 Å². The van der Waals surface area contributed by atoms with Crippen molar-refractivity contribution < 1.29 is 27.5 Å². The molecule has 0 radical (unpaired) electrons. The zero-order valence-electron chi connectivity index (χ0n) is 15.7. The normalized spacial score (nSPS) is 14.6. The lowest BCUT2D eigenvalue weighted by Crippen LogP contribution is -2.51. The van der Waals surface area contributed by atoms with Crippen molar-refractivity contribution in [2.24, 2.45) is 0 Å². The summed E-state index contributed by atoms with van der Waals surface area (Å²) in [7, 11) is -2.15. The molecule has 10 heteroatoms. The predicted molar refractivity (Wildman–Crippen MR) is 99.8 cm³/mol. The minimum Gasteiger partial charge on any atom is -0.495 e. The molecule has 2 amide bonds. The van der Waals surface area contributed by atoms with Crippen molar-refractivity contribution in [2.75, 3.05) is 58.0 Å². The third kappa shape index (κ3) is 5.25. The third-order valence-electron chi connectivity index (χ3n) is 4.16. The van der Waals surface area contributed by atoms with Crippen molar-refractivity contribution in [1.29, 1.82) is 0 Å². The Balaban J connectivity index is 1.98. The SMILES string of the molecule is CCOC(=O)N1CCN(C(=O)CNc2cccc(OC)c2S(C)(=O)=O)CC1. The summed E-state index contributed by atoms with van der Waals surface area (Å²) < 4.78 is 34.2. The average Bonchev–Trinajstić information content (AvgIpc) is 2.65. The Morgan fingerprint density at radius 3 is 2.33 bits per heavy atom. The molecule has 1 aromatic rings. The van der Waals surface area contributed by atoms with Gasteiger partial charge >= 0.3 is 6.09 Å². The summed E-state index contributed by atoms with van der Waals surface area (Å²) in [4.78, 5) is 27.3. The molecule has 0 spiro atoms.